The SMILES string of the molecule is COc1ccccc1NC(=O)CN1CCCC(C)C1. The lowest BCUT2D eigenvalue weighted by Gasteiger charge is -2.30. The summed E-state index contributed by atoms with van der Waals surface area (Å²) in [6.07, 6.45) is 2.45. The quantitative estimate of drug-likeness (QED) is 0.905. The molecule has 1 aliphatic rings. The lowest BCUT2D eigenvalue weighted by atomic mass is 10.0. The molecule has 19 heavy (non-hydrogen) atoms. The Morgan fingerprint density at radius 2 is 2.26 bits per heavy atom. The summed E-state index contributed by atoms with van der Waals surface area (Å²) in [5, 5.41) is 2.92. The second-order valence-electron chi connectivity index (χ2n) is 5.23. The molecule has 2 rings (SSSR count). The van der Waals surface area contributed by atoms with Gasteiger partial charge in [-0.05, 0) is 37.4 Å². The maximum atomic E-state index is 12.0. The minimum atomic E-state index is 0.0265. The van der Waals surface area contributed by atoms with Gasteiger partial charge in [-0.25, -0.2) is 0 Å². The predicted molar refractivity (Wildman–Crippen MR) is 76.5 cm³/mol. The summed E-state index contributed by atoms with van der Waals surface area (Å²) in [6, 6.07) is 7.48. The van der Waals surface area contributed by atoms with Gasteiger partial charge in [-0.2, -0.15) is 0 Å². The van der Waals surface area contributed by atoms with Crippen molar-refractivity contribution in [1.82, 2.24) is 4.90 Å². The molecule has 1 heterocycles. The van der Waals surface area contributed by atoms with Crippen LogP contribution in [0.2, 0.25) is 0 Å². The van der Waals surface area contributed by atoms with E-state index in [9.17, 15) is 4.79 Å². The molecule has 1 saturated heterocycles. The second-order valence-corrected chi connectivity index (χ2v) is 5.23. The molecule has 1 atom stereocenters. The zero-order valence-corrected chi connectivity index (χ0v) is 11.7. The third-order valence-corrected chi connectivity index (χ3v) is 3.49. The molecule has 0 spiro atoms. The van der Waals surface area contributed by atoms with Gasteiger partial charge in [-0.15, -0.1) is 0 Å². The Morgan fingerprint density at radius 3 is 3.00 bits per heavy atom. The number of carbonyl (C=O) groups is 1. The van der Waals surface area contributed by atoms with E-state index in [-0.39, 0.29) is 5.91 Å². The predicted octanol–water partition coefficient (Wildman–Crippen LogP) is 2.37. The first-order valence-corrected chi connectivity index (χ1v) is 6.84. The molecule has 1 unspecified atom stereocenters. The summed E-state index contributed by atoms with van der Waals surface area (Å²) in [6.45, 7) is 4.73. The fraction of sp³-hybridized carbons (Fsp3) is 0.533. The maximum absolute atomic E-state index is 12.0. The van der Waals surface area contributed by atoms with Crippen LogP contribution in [0.3, 0.4) is 0 Å². The normalized spacial score (nSPS) is 20.0. The van der Waals surface area contributed by atoms with Gasteiger partial charge in [0, 0.05) is 6.54 Å². The van der Waals surface area contributed by atoms with E-state index >= 15 is 0 Å². The molecule has 1 aromatic carbocycles. The molecule has 0 bridgehead atoms. The highest BCUT2D eigenvalue weighted by Crippen LogP contribution is 2.23. The van der Waals surface area contributed by atoms with E-state index in [1.165, 1.54) is 12.8 Å². The Labute approximate surface area is 114 Å². The third kappa shape index (κ3) is 3.96. The summed E-state index contributed by atoms with van der Waals surface area (Å²) in [7, 11) is 1.61. The van der Waals surface area contributed by atoms with Crippen molar-refractivity contribution in [1.29, 1.82) is 0 Å². The summed E-state index contributed by atoms with van der Waals surface area (Å²) in [5.41, 5.74) is 0.736. The molecule has 4 heteroatoms. The van der Waals surface area contributed by atoms with Gasteiger partial charge in [0.1, 0.15) is 5.75 Å². The molecule has 1 amide bonds. The van der Waals surface area contributed by atoms with Crippen LogP contribution in [-0.2, 0) is 4.79 Å². The molecule has 1 N–H and O–H groups in total. The molecule has 0 aromatic heterocycles. The Bertz CT molecular complexity index is 434. The van der Waals surface area contributed by atoms with E-state index in [0.717, 1.165) is 18.8 Å². The average Bonchev–Trinajstić information content (AvgIpc) is 2.39. The van der Waals surface area contributed by atoms with Crippen molar-refractivity contribution in [3.63, 3.8) is 0 Å². The molecule has 0 radical (unpaired) electrons. The van der Waals surface area contributed by atoms with E-state index in [1.54, 1.807) is 7.11 Å². The van der Waals surface area contributed by atoms with Gasteiger partial charge >= 0.3 is 0 Å². The lowest BCUT2D eigenvalue weighted by Crippen LogP contribution is -2.39. The number of methoxy groups -OCH3 is 1. The van der Waals surface area contributed by atoms with E-state index in [4.69, 9.17) is 4.74 Å². The van der Waals surface area contributed by atoms with Gasteiger partial charge < -0.3 is 10.1 Å². The van der Waals surface area contributed by atoms with Crippen LogP contribution in [0.4, 0.5) is 5.69 Å². The Morgan fingerprint density at radius 1 is 1.47 bits per heavy atom. The number of rotatable bonds is 4. The summed E-state index contributed by atoms with van der Waals surface area (Å²) in [4.78, 5) is 14.3. The first-order valence-electron chi connectivity index (χ1n) is 6.84. The van der Waals surface area contributed by atoms with Gasteiger partial charge in [-0.1, -0.05) is 19.1 Å². The highest BCUT2D eigenvalue weighted by Gasteiger charge is 2.18. The molecule has 0 saturated carbocycles. The van der Waals surface area contributed by atoms with Gasteiger partial charge in [0.2, 0.25) is 5.91 Å². The zero-order chi connectivity index (χ0) is 13.7. The van der Waals surface area contributed by atoms with Crippen LogP contribution >= 0.6 is 0 Å². The number of benzene rings is 1. The Kier molecular flexibility index (Phi) is 4.80. The van der Waals surface area contributed by atoms with Gasteiger partial charge in [0.15, 0.2) is 0 Å². The highest BCUT2D eigenvalue weighted by atomic mass is 16.5. The number of ether oxygens (including phenoxy) is 1. The van der Waals surface area contributed by atoms with E-state index < -0.39 is 0 Å². The van der Waals surface area contributed by atoms with Gasteiger partial charge in [0.05, 0.1) is 19.3 Å². The number of likely N-dealkylation sites (tertiary alicyclic amines) is 1. The lowest BCUT2D eigenvalue weighted by molar-refractivity contribution is -0.117. The summed E-state index contributed by atoms with van der Waals surface area (Å²) >= 11 is 0. The standard InChI is InChI=1S/C15H22N2O2/c1-12-6-5-9-17(10-12)11-15(18)16-13-7-3-4-8-14(13)19-2/h3-4,7-8,12H,5-6,9-11H2,1-2H3,(H,16,18). The molecule has 1 fully saturated rings. The summed E-state index contributed by atoms with van der Waals surface area (Å²) < 4.78 is 5.22. The number of para-hydroxylation sites is 2. The van der Waals surface area contributed by atoms with Crippen LogP contribution in [0.1, 0.15) is 19.8 Å². The monoisotopic (exact) mass is 262 g/mol. The summed E-state index contributed by atoms with van der Waals surface area (Å²) in [5.74, 6) is 1.41. The molecular weight excluding hydrogens is 240 g/mol. The largest absolute Gasteiger partial charge is 0.495 e. The highest BCUT2D eigenvalue weighted by molar-refractivity contribution is 5.93. The fourth-order valence-corrected chi connectivity index (χ4v) is 2.57. The van der Waals surface area contributed by atoms with Crippen molar-refractivity contribution in [2.45, 2.75) is 19.8 Å². The molecule has 1 aliphatic heterocycles. The van der Waals surface area contributed by atoms with Crippen molar-refractivity contribution in [2.75, 3.05) is 32.1 Å². The van der Waals surface area contributed by atoms with E-state index in [0.29, 0.717) is 18.2 Å². The number of piperidine rings is 1. The first kappa shape index (κ1) is 13.9. The number of nitrogens with one attached hydrogen (secondary N) is 1. The van der Waals surface area contributed by atoms with Crippen LogP contribution in [0.15, 0.2) is 24.3 Å². The van der Waals surface area contributed by atoms with E-state index in [2.05, 4.69) is 17.1 Å². The number of amides is 1. The maximum Gasteiger partial charge on any atom is 0.238 e. The van der Waals surface area contributed by atoms with E-state index in [1.807, 2.05) is 24.3 Å². The van der Waals surface area contributed by atoms with Crippen LogP contribution < -0.4 is 10.1 Å². The molecule has 0 aliphatic carbocycles. The topological polar surface area (TPSA) is 41.6 Å². The molecule has 1 aromatic rings. The fourth-order valence-electron chi connectivity index (χ4n) is 2.57. The first-order chi connectivity index (χ1) is 9.19. The number of hydrogen-bond acceptors (Lipinski definition) is 3. The van der Waals surface area contributed by atoms with Crippen molar-refractivity contribution in [2.24, 2.45) is 5.92 Å². The Hall–Kier alpha value is -1.55. The molecule has 4 nitrogen and oxygen atoms in total. The van der Waals surface area contributed by atoms with Crippen molar-refractivity contribution < 1.29 is 9.53 Å². The van der Waals surface area contributed by atoms with Crippen LogP contribution in [0, 0.1) is 5.92 Å². The number of nitrogens with zero attached hydrogens (tertiary/aromatic N) is 1. The second kappa shape index (κ2) is 6.57. The zero-order valence-electron chi connectivity index (χ0n) is 11.7. The number of anilines is 1. The smallest absolute Gasteiger partial charge is 0.238 e. The Balaban J connectivity index is 1.90. The van der Waals surface area contributed by atoms with Crippen molar-refractivity contribution in [3.05, 3.63) is 24.3 Å². The number of carbonyl (C=O) groups excluding carboxylic acids is 1. The van der Waals surface area contributed by atoms with Crippen molar-refractivity contribution >= 4 is 11.6 Å². The van der Waals surface area contributed by atoms with Crippen LogP contribution in [-0.4, -0.2) is 37.6 Å². The third-order valence-electron chi connectivity index (χ3n) is 3.49. The van der Waals surface area contributed by atoms with Gasteiger partial charge in [0.25, 0.3) is 0 Å². The van der Waals surface area contributed by atoms with Crippen LogP contribution in [0.25, 0.3) is 0 Å². The number of hydrogen-bond donors (Lipinski definition) is 1. The molecule has 104 valence electrons. The average molecular weight is 262 g/mol. The van der Waals surface area contributed by atoms with Gasteiger partial charge in [-0.3, -0.25) is 9.69 Å². The minimum absolute atomic E-state index is 0.0265. The minimum Gasteiger partial charge on any atom is -0.495 e. The van der Waals surface area contributed by atoms with Crippen molar-refractivity contribution in [3.8, 4) is 5.75 Å². The molecular formula is C15H22N2O2. The van der Waals surface area contributed by atoms with Crippen LogP contribution in [0.5, 0.6) is 5.75 Å².